The number of carbonyl (C=O) groups is 2. The largest absolute Gasteiger partial charge is 0.368 e. The van der Waals surface area contributed by atoms with Gasteiger partial charge in [0.1, 0.15) is 6.04 Å². The molecule has 1 aromatic rings. The number of piperazine rings is 1. The van der Waals surface area contributed by atoms with Crippen molar-refractivity contribution < 1.29 is 9.59 Å². The number of anilines is 1. The molecule has 8 nitrogen and oxygen atoms in total. The van der Waals surface area contributed by atoms with Crippen LogP contribution in [0.15, 0.2) is 0 Å². The molecule has 4 N–H and O–H groups in total. The van der Waals surface area contributed by atoms with Crippen LogP contribution in [0.25, 0.3) is 0 Å². The van der Waals surface area contributed by atoms with E-state index in [4.69, 9.17) is 11.5 Å². The number of primary amides is 1. The van der Waals surface area contributed by atoms with Gasteiger partial charge in [0.2, 0.25) is 17.8 Å². The molecule has 1 aliphatic heterocycles. The number of nitrogen functional groups attached to an aromatic ring is 1. The molecule has 0 radical (unpaired) electrons. The number of carbonyl (C=O) groups excluding carboxylic acids is 2. The Morgan fingerprint density at radius 1 is 1.20 bits per heavy atom. The molecule has 0 unspecified atom stereocenters. The molecule has 1 saturated heterocycles. The first-order valence-corrected chi connectivity index (χ1v) is 8.63. The molecule has 2 heterocycles. The van der Waals surface area contributed by atoms with Crippen LogP contribution in [-0.2, 0) is 16.0 Å². The number of hydrogen-bond donors (Lipinski definition) is 2. The molecule has 0 aromatic carbocycles. The summed E-state index contributed by atoms with van der Waals surface area (Å²) in [6.45, 7) is 9.41. The molecular weight excluding hydrogens is 320 g/mol. The summed E-state index contributed by atoms with van der Waals surface area (Å²) >= 11 is 0. The second-order valence-electron chi connectivity index (χ2n) is 6.82. The van der Waals surface area contributed by atoms with Gasteiger partial charge in [-0.3, -0.25) is 14.5 Å². The Morgan fingerprint density at radius 2 is 1.80 bits per heavy atom. The van der Waals surface area contributed by atoms with Crippen LogP contribution >= 0.6 is 0 Å². The zero-order chi connectivity index (χ0) is 18.7. The summed E-state index contributed by atoms with van der Waals surface area (Å²) in [6.07, 6.45) is 0.907. The van der Waals surface area contributed by atoms with Crippen molar-refractivity contribution in [1.82, 2.24) is 19.8 Å². The molecule has 0 aliphatic carbocycles. The molecule has 1 fully saturated rings. The normalized spacial score (nSPS) is 18.6. The fraction of sp³-hybridized carbons (Fsp3) is 0.647. The minimum atomic E-state index is -0.430. The number of aromatic nitrogens is 2. The maximum atomic E-state index is 12.6. The third kappa shape index (κ3) is 4.45. The van der Waals surface area contributed by atoms with E-state index in [1.54, 1.807) is 4.90 Å². The molecule has 25 heavy (non-hydrogen) atoms. The van der Waals surface area contributed by atoms with Gasteiger partial charge in [-0.05, 0) is 39.7 Å². The van der Waals surface area contributed by atoms with Crippen molar-refractivity contribution in [3.63, 3.8) is 0 Å². The van der Waals surface area contributed by atoms with E-state index in [9.17, 15) is 9.59 Å². The maximum absolute atomic E-state index is 12.6. The summed E-state index contributed by atoms with van der Waals surface area (Å²) in [4.78, 5) is 36.5. The van der Waals surface area contributed by atoms with Gasteiger partial charge in [0.25, 0.3) is 0 Å². The van der Waals surface area contributed by atoms with Gasteiger partial charge in [0.15, 0.2) is 0 Å². The van der Waals surface area contributed by atoms with Crippen LogP contribution in [0.4, 0.5) is 5.95 Å². The minimum Gasteiger partial charge on any atom is -0.368 e. The second kappa shape index (κ2) is 7.77. The Labute approximate surface area is 148 Å². The minimum absolute atomic E-state index is 0.0188. The molecule has 0 bridgehead atoms. The molecule has 1 atom stereocenters. The number of nitrogens with two attached hydrogens (primary N) is 2. The third-order valence-corrected chi connectivity index (χ3v) is 4.79. The standard InChI is InChI=1S/C17H28N6O2/c1-10(2)23-8-7-22(9-14(23)16(18)25)15(24)6-5-13-11(3)20-17(19)21-12(13)4/h10,14H,5-9H2,1-4H3,(H2,18,25)(H2,19,20,21)/t14-/m0/s1. The highest BCUT2D eigenvalue weighted by Crippen LogP contribution is 2.17. The maximum Gasteiger partial charge on any atom is 0.236 e. The molecule has 1 aromatic heterocycles. The molecule has 8 heteroatoms. The van der Waals surface area contributed by atoms with E-state index in [1.165, 1.54) is 0 Å². The van der Waals surface area contributed by atoms with E-state index in [0.717, 1.165) is 17.0 Å². The fourth-order valence-corrected chi connectivity index (χ4v) is 3.41. The van der Waals surface area contributed by atoms with Crippen molar-refractivity contribution in [3.05, 3.63) is 17.0 Å². The van der Waals surface area contributed by atoms with Crippen LogP contribution < -0.4 is 11.5 Å². The number of nitrogens with zero attached hydrogens (tertiary/aromatic N) is 4. The highest BCUT2D eigenvalue weighted by molar-refractivity contribution is 5.82. The van der Waals surface area contributed by atoms with Gasteiger partial charge in [-0.15, -0.1) is 0 Å². The van der Waals surface area contributed by atoms with Gasteiger partial charge in [-0.25, -0.2) is 9.97 Å². The highest BCUT2D eigenvalue weighted by atomic mass is 16.2. The molecule has 2 rings (SSSR count). The summed E-state index contributed by atoms with van der Waals surface area (Å²) in [5.74, 6) is -0.116. The topological polar surface area (TPSA) is 118 Å². The molecule has 1 aliphatic rings. The number of hydrogen-bond acceptors (Lipinski definition) is 6. The van der Waals surface area contributed by atoms with Gasteiger partial charge in [0, 0.05) is 43.5 Å². The van der Waals surface area contributed by atoms with Gasteiger partial charge < -0.3 is 16.4 Å². The Morgan fingerprint density at radius 3 is 2.32 bits per heavy atom. The monoisotopic (exact) mass is 348 g/mol. The summed E-state index contributed by atoms with van der Waals surface area (Å²) in [5, 5.41) is 0. The molecule has 2 amide bonds. The smallest absolute Gasteiger partial charge is 0.236 e. The average molecular weight is 348 g/mol. The molecule has 0 spiro atoms. The van der Waals surface area contributed by atoms with Gasteiger partial charge in [0.05, 0.1) is 0 Å². The van der Waals surface area contributed by atoms with E-state index in [2.05, 4.69) is 9.97 Å². The first-order valence-electron chi connectivity index (χ1n) is 8.63. The lowest BCUT2D eigenvalue weighted by Crippen LogP contribution is -2.61. The van der Waals surface area contributed by atoms with Crippen LogP contribution in [0.5, 0.6) is 0 Å². The zero-order valence-corrected chi connectivity index (χ0v) is 15.5. The van der Waals surface area contributed by atoms with E-state index < -0.39 is 6.04 Å². The van der Waals surface area contributed by atoms with Crippen molar-refractivity contribution in [2.24, 2.45) is 5.73 Å². The fourth-order valence-electron chi connectivity index (χ4n) is 3.41. The number of amides is 2. The molecule has 0 saturated carbocycles. The van der Waals surface area contributed by atoms with Gasteiger partial charge in [-0.2, -0.15) is 0 Å². The molecular formula is C17H28N6O2. The Bertz CT molecular complexity index is 638. The predicted molar refractivity (Wildman–Crippen MR) is 95.6 cm³/mol. The van der Waals surface area contributed by atoms with E-state index in [1.807, 2.05) is 32.6 Å². The lowest BCUT2D eigenvalue weighted by Gasteiger charge is -2.42. The van der Waals surface area contributed by atoms with Crippen LogP contribution in [0.1, 0.15) is 37.2 Å². The number of aryl methyl sites for hydroxylation is 2. The van der Waals surface area contributed by atoms with Crippen LogP contribution in [-0.4, -0.2) is 63.3 Å². The number of rotatable bonds is 5. The van der Waals surface area contributed by atoms with Crippen molar-refractivity contribution in [3.8, 4) is 0 Å². The summed E-state index contributed by atoms with van der Waals surface area (Å²) in [6, 6.07) is -0.215. The Hall–Kier alpha value is -2.22. The van der Waals surface area contributed by atoms with Crippen molar-refractivity contribution >= 4 is 17.8 Å². The van der Waals surface area contributed by atoms with E-state index in [-0.39, 0.29) is 23.8 Å². The Kier molecular flexibility index (Phi) is 5.94. The van der Waals surface area contributed by atoms with E-state index >= 15 is 0 Å². The van der Waals surface area contributed by atoms with Crippen LogP contribution in [0, 0.1) is 13.8 Å². The van der Waals surface area contributed by atoms with Gasteiger partial charge in [-0.1, -0.05) is 0 Å². The quantitative estimate of drug-likeness (QED) is 0.774. The van der Waals surface area contributed by atoms with Crippen LogP contribution in [0.2, 0.25) is 0 Å². The SMILES string of the molecule is Cc1nc(N)nc(C)c1CCC(=O)N1CCN(C(C)C)[C@H](C(N)=O)C1. The average Bonchev–Trinajstić information content (AvgIpc) is 2.52. The second-order valence-corrected chi connectivity index (χ2v) is 6.82. The van der Waals surface area contributed by atoms with E-state index in [0.29, 0.717) is 32.5 Å². The highest BCUT2D eigenvalue weighted by Gasteiger charge is 2.34. The predicted octanol–water partition coefficient (Wildman–Crippen LogP) is 0.0147. The van der Waals surface area contributed by atoms with Crippen molar-refractivity contribution in [1.29, 1.82) is 0 Å². The first-order chi connectivity index (χ1) is 11.7. The third-order valence-electron chi connectivity index (χ3n) is 4.79. The Balaban J connectivity index is 2.01. The van der Waals surface area contributed by atoms with Crippen molar-refractivity contribution in [2.45, 2.75) is 52.6 Å². The summed E-state index contributed by atoms with van der Waals surface area (Å²) in [7, 11) is 0. The molecule has 138 valence electrons. The first kappa shape index (κ1) is 19.1. The summed E-state index contributed by atoms with van der Waals surface area (Å²) in [5.41, 5.74) is 13.7. The lowest BCUT2D eigenvalue weighted by molar-refractivity contribution is -0.138. The lowest BCUT2D eigenvalue weighted by atomic mass is 10.0. The van der Waals surface area contributed by atoms with Crippen LogP contribution in [0.3, 0.4) is 0 Å². The van der Waals surface area contributed by atoms with Crippen molar-refractivity contribution in [2.75, 3.05) is 25.4 Å². The summed E-state index contributed by atoms with van der Waals surface area (Å²) < 4.78 is 0. The van der Waals surface area contributed by atoms with Gasteiger partial charge >= 0.3 is 0 Å². The zero-order valence-electron chi connectivity index (χ0n) is 15.5.